The first kappa shape index (κ1) is 25.8. The van der Waals surface area contributed by atoms with Gasteiger partial charge >= 0.3 is 0 Å². The van der Waals surface area contributed by atoms with E-state index in [1.165, 1.54) is 16.9 Å². The highest BCUT2D eigenvalue weighted by atomic mass is 35.5. The highest BCUT2D eigenvalue weighted by Gasteiger charge is 2.29. The number of nitriles is 1. The molecule has 38 heavy (non-hydrogen) atoms. The van der Waals surface area contributed by atoms with Gasteiger partial charge in [0.2, 0.25) is 0 Å². The second-order valence-corrected chi connectivity index (χ2v) is 11.3. The molecule has 0 aliphatic carbocycles. The molecule has 7 nitrogen and oxygen atoms in total. The summed E-state index contributed by atoms with van der Waals surface area (Å²) in [6.07, 6.45) is 0. The van der Waals surface area contributed by atoms with E-state index in [9.17, 15) is 10.1 Å². The van der Waals surface area contributed by atoms with Crippen molar-refractivity contribution in [2.75, 3.05) is 42.5 Å². The minimum absolute atomic E-state index is 0.133. The first-order valence-corrected chi connectivity index (χ1v) is 13.7. The van der Waals surface area contributed by atoms with Gasteiger partial charge in [-0.05, 0) is 41.7 Å². The number of hydrogen-bond donors (Lipinski definition) is 2. The molecule has 0 atom stereocenters. The van der Waals surface area contributed by atoms with Gasteiger partial charge in [-0.1, -0.05) is 55.8 Å². The molecule has 2 aromatic heterocycles. The molecule has 194 valence electrons. The SMILES string of the molecule is Cc1ccc(Cl)cc1N1CCN(C(=O)c2sc3nc(N)c(C#N)c(-c4ccc(C(C)C)cc4)c3c2N)CC1. The first-order valence-electron chi connectivity index (χ1n) is 12.5. The fourth-order valence-corrected chi connectivity index (χ4v) is 6.23. The summed E-state index contributed by atoms with van der Waals surface area (Å²) in [6, 6.07) is 16.1. The number of nitrogen functional groups attached to an aromatic ring is 2. The van der Waals surface area contributed by atoms with Crippen LogP contribution >= 0.6 is 22.9 Å². The monoisotopic (exact) mass is 544 g/mol. The molecule has 4 N–H and O–H groups in total. The third-order valence-electron chi connectivity index (χ3n) is 7.16. The summed E-state index contributed by atoms with van der Waals surface area (Å²) in [4.78, 5) is 23.2. The Balaban J connectivity index is 1.49. The number of pyridine rings is 1. The molecular weight excluding hydrogens is 516 g/mol. The molecule has 0 unspecified atom stereocenters. The number of benzene rings is 2. The number of aromatic nitrogens is 1. The number of piperazine rings is 1. The Morgan fingerprint density at radius 1 is 1.11 bits per heavy atom. The second kappa shape index (κ2) is 10.2. The van der Waals surface area contributed by atoms with Crippen LogP contribution in [0.2, 0.25) is 5.02 Å². The Morgan fingerprint density at radius 2 is 1.79 bits per heavy atom. The number of aryl methyl sites for hydroxylation is 1. The molecular formula is C29H29ClN6OS. The summed E-state index contributed by atoms with van der Waals surface area (Å²) in [6.45, 7) is 8.81. The normalized spacial score (nSPS) is 13.8. The van der Waals surface area contributed by atoms with E-state index < -0.39 is 0 Å². The zero-order valence-electron chi connectivity index (χ0n) is 21.6. The highest BCUT2D eigenvalue weighted by molar-refractivity contribution is 7.21. The van der Waals surface area contributed by atoms with Crippen molar-refractivity contribution in [3.8, 4) is 17.2 Å². The van der Waals surface area contributed by atoms with Crippen LogP contribution in [0, 0.1) is 18.3 Å². The van der Waals surface area contributed by atoms with E-state index in [1.54, 1.807) is 0 Å². The van der Waals surface area contributed by atoms with E-state index in [1.807, 2.05) is 47.4 Å². The third kappa shape index (κ3) is 4.53. The molecule has 1 amide bonds. The predicted molar refractivity (Wildman–Crippen MR) is 157 cm³/mol. The van der Waals surface area contributed by atoms with Crippen LogP contribution in [0.25, 0.3) is 21.3 Å². The molecule has 1 aliphatic rings. The van der Waals surface area contributed by atoms with Gasteiger partial charge in [-0.25, -0.2) is 4.98 Å². The van der Waals surface area contributed by atoms with Gasteiger partial charge in [-0.3, -0.25) is 4.79 Å². The molecule has 1 fully saturated rings. The van der Waals surface area contributed by atoms with Crippen molar-refractivity contribution in [2.45, 2.75) is 26.7 Å². The lowest BCUT2D eigenvalue weighted by atomic mass is 9.94. The molecule has 0 radical (unpaired) electrons. The van der Waals surface area contributed by atoms with Crippen molar-refractivity contribution in [1.29, 1.82) is 5.26 Å². The van der Waals surface area contributed by atoms with Crippen LogP contribution in [0.1, 0.15) is 46.1 Å². The topological polar surface area (TPSA) is 112 Å². The van der Waals surface area contributed by atoms with Crippen molar-refractivity contribution in [3.63, 3.8) is 0 Å². The Kier molecular flexibility index (Phi) is 6.91. The maximum Gasteiger partial charge on any atom is 0.266 e. The molecule has 0 saturated carbocycles. The fourth-order valence-electron chi connectivity index (χ4n) is 4.98. The summed E-state index contributed by atoms with van der Waals surface area (Å²) in [5.74, 6) is 0.376. The van der Waals surface area contributed by atoms with E-state index in [0.29, 0.717) is 63.5 Å². The van der Waals surface area contributed by atoms with Crippen LogP contribution in [0.15, 0.2) is 42.5 Å². The fraction of sp³-hybridized carbons (Fsp3) is 0.276. The largest absolute Gasteiger partial charge is 0.397 e. The van der Waals surface area contributed by atoms with Crippen molar-refractivity contribution < 1.29 is 4.79 Å². The molecule has 0 spiro atoms. The van der Waals surface area contributed by atoms with Gasteiger partial charge in [-0.15, -0.1) is 11.3 Å². The zero-order valence-corrected chi connectivity index (χ0v) is 23.2. The summed E-state index contributed by atoms with van der Waals surface area (Å²) in [5, 5.41) is 11.2. The van der Waals surface area contributed by atoms with Crippen LogP contribution in [0.4, 0.5) is 17.2 Å². The average Bonchev–Trinajstić information content (AvgIpc) is 3.24. The highest BCUT2D eigenvalue weighted by Crippen LogP contribution is 2.43. The Labute approximate surface area is 231 Å². The summed E-state index contributed by atoms with van der Waals surface area (Å²) in [7, 11) is 0. The van der Waals surface area contributed by atoms with Gasteiger partial charge < -0.3 is 21.3 Å². The number of anilines is 3. The van der Waals surface area contributed by atoms with Crippen molar-refractivity contribution in [1.82, 2.24) is 9.88 Å². The van der Waals surface area contributed by atoms with Crippen molar-refractivity contribution in [2.24, 2.45) is 0 Å². The Hall–Kier alpha value is -3.80. The predicted octanol–water partition coefficient (Wildman–Crippen LogP) is 6.05. The molecule has 3 heterocycles. The number of hydrogen-bond acceptors (Lipinski definition) is 7. The number of halogens is 1. The number of nitrogens with two attached hydrogens (primary N) is 2. The molecule has 2 aromatic carbocycles. The third-order valence-corrected chi connectivity index (χ3v) is 8.48. The average molecular weight is 545 g/mol. The number of thiophene rings is 1. The second-order valence-electron chi connectivity index (χ2n) is 9.87. The van der Waals surface area contributed by atoms with Crippen LogP contribution in [0.5, 0.6) is 0 Å². The molecule has 0 bridgehead atoms. The van der Waals surface area contributed by atoms with Gasteiger partial charge in [0, 0.05) is 47.8 Å². The number of carbonyl (C=O) groups excluding carboxylic acids is 1. The minimum atomic E-state index is -0.133. The van der Waals surface area contributed by atoms with Crippen LogP contribution in [-0.4, -0.2) is 42.0 Å². The number of amides is 1. The van der Waals surface area contributed by atoms with E-state index >= 15 is 0 Å². The molecule has 1 saturated heterocycles. The van der Waals surface area contributed by atoms with Gasteiger partial charge in [-0.2, -0.15) is 5.26 Å². The summed E-state index contributed by atoms with van der Waals surface area (Å²) < 4.78 is 0. The molecule has 4 aromatic rings. The number of carbonyl (C=O) groups is 1. The lowest BCUT2D eigenvalue weighted by Gasteiger charge is -2.36. The maximum absolute atomic E-state index is 13.7. The molecule has 1 aliphatic heterocycles. The number of rotatable bonds is 4. The number of fused-ring (bicyclic) bond motifs is 1. The van der Waals surface area contributed by atoms with Crippen LogP contribution in [0.3, 0.4) is 0 Å². The van der Waals surface area contributed by atoms with Crippen molar-refractivity contribution >= 4 is 56.3 Å². The standard InChI is InChI=1S/C29H29ClN6OS/c1-16(2)18-5-7-19(8-6-18)23-21(15-31)27(33)34-28-24(23)25(32)26(38-28)29(37)36-12-10-35(11-13-36)22-14-20(30)9-4-17(22)3/h4-9,14,16H,10-13,32H2,1-3H3,(H2,33,34). The summed E-state index contributed by atoms with van der Waals surface area (Å²) >= 11 is 7.45. The summed E-state index contributed by atoms with van der Waals surface area (Å²) in [5.41, 5.74) is 18.3. The lowest BCUT2D eigenvalue weighted by Crippen LogP contribution is -2.49. The quantitative estimate of drug-likeness (QED) is 0.323. The maximum atomic E-state index is 13.7. The van der Waals surface area contributed by atoms with Crippen LogP contribution in [-0.2, 0) is 0 Å². The smallest absolute Gasteiger partial charge is 0.266 e. The lowest BCUT2D eigenvalue weighted by molar-refractivity contribution is 0.0752. The van der Waals surface area contributed by atoms with Gasteiger partial charge in [0.05, 0.1) is 5.69 Å². The Morgan fingerprint density at radius 3 is 2.42 bits per heavy atom. The minimum Gasteiger partial charge on any atom is -0.397 e. The van der Waals surface area contributed by atoms with E-state index in [-0.39, 0.29) is 17.3 Å². The van der Waals surface area contributed by atoms with Gasteiger partial charge in [0.25, 0.3) is 5.91 Å². The molecule has 9 heteroatoms. The van der Waals surface area contributed by atoms with Crippen molar-refractivity contribution in [3.05, 3.63) is 69.1 Å². The van der Waals surface area contributed by atoms with E-state index in [0.717, 1.165) is 16.8 Å². The first-order chi connectivity index (χ1) is 18.2. The zero-order chi connectivity index (χ0) is 27.1. The molecule has 5 rings (SSSR count). The van der Waals surface area contributed by atoms with E-state index in [2.05, 4.69) is 36.7 Å². The van der Waals surface area contributed by atoms with Gasteiger partial charge in [0.1, 0.15) is 27.2 Å². The van der Waals surface area contributed by atoms with Gasteiger partial charge in [0.15, 0.2) is 0 Å². The van der Waals surface area contributed by atoms with E-state index in [4.69, 9.17) is 23.1 Å². The van der Waals surface area contributed by atoms with Crippen LogP contribution < -0.4 is 16.4 Å². The number of nitrogens with zero attached hydrogens (tertiary/aromatic N) is 4. The Bertz CT molecular complexity index is 1580.